The van der Waals surface area contributed by atoms with Crippen molar-refractivity contribution in [3.8, 4) is 5.75 Å². The van der Waals surface area contributed by atoms with Crippen LogP contribution in [0.25, 0.3) is 0 Å². The summed E-state index contributed by atoms with van der Waals surface area (Å²) in [5, 5.41) is 0. The lowest BCUT2D eigenvalue weighted by Crippen LogP contribution is -2.17. The van der Waals surface area contributed by atoms with Crippen molar-refractivity contribution < 1.29 is 19.1 Å². The smallest absolute Gasteiger partial charge is 0.344 e. The lowest BCUT2D eigenvalue weighted by Gasteiger charge is -2.10. The van der Waals surface area contributed by atoms with Crippen LogP contribution in [0.4, 0.5) is 0 Å². The lowest BCUT2D eigenvalue weighted by molar-refractivity contribution is -0.145. The molecule has 0 aromatic heterocycles. The van der Waals surface area contributed by atoms with E-state index in [4.69, 9.17) is 25.2 Å². The molecule has 1 aromatic rings. The molecular formula is C12H12B2O4. The van der Waals surface area contributed by atoms with E-state index in [0.717, 1.165) is 0 Å². The molecule has 0 N–H and O–H groups in total. The number of hydrogen-bond acceptors (Lipinski definition) is 4. The zero-order chi connectivity index (χ0) is 13.5. The van der Waals surface area contributed by atoms with Crippen molar-refractivity contribution in [2.75, 3.05) is 13.2 Å². The largest absolute Gasteiger partial charge is 0.481 e. The van der Waals surface area contributed by atoms with E-state index in [2.05, 4.69) is 0 Å². The third kappa shape index (κ3) is 3.95. The number of carbonyl (C=O) groups excluding carboxylic acids is 2. The van der Waals surface area contributed by atoms with Crippen molar-refractivity contribution >= 4 is 32.9 Å². The predicted molar refractivity (Wildman–Crippen MR) is 68.8 cm³/mol. The monoisotopic (exact) mass is 242 g/mol. The van der Waals surface area contributed by atoms with Crippen LogP contribution >= 0.6 is 0 Å². The van der Waals surface area contributed by atoms with Gasteiger partial charge in [0.15, 0.2) is 12.4 Å². The van der Waals surface area contributed by atoms with Gasteiger partial charge in [-0.2, -0.15) is 0 Å². The Bertz CT molecular complexity index is 446. The number of esters is 1. The van der Waals surface area contributed by atoms with E-state index < -0.39 is 5.97 Å². The fraction of sp³-hybridized carbons (Fsp3) is 0.333. The summed E-state index contributed by atoms with van der Waals surface area (Å²) in [6.45, 7) is 1.71. The van der Waals surface area contributed by atoms with Gasteiger partial charge >= 0.3 is 5.97 Å². The van der Waals surface area contributed by atoms with Gasteiger partial charge in [0, 0.05) is 0 Å². The van der Waals surface area contributed by atoms with Crippen molar-refractivity contribution in [1.82, 2.24) is 0 Å². The van der Waals surface area contributed by atoms with Gasteiger partial charge in [-0.25, -0.2) is 4.79 Å². The predicted octanol–water partition coefficient (Wildman–Crippen LogP) is 0.192. The lowest BCUT2D eigenvalue weighted by atomic mass is 9.89. The maximum Gasteiger partial charge on any atom is 0.344 e. The molecule has 18 heavy (non-hydrogen) atoms. The van der Waals surface area contributed by atoms with E-state index in [1.54, 1.807) is 13.0 Å². The number of Topliss-reactive ketones (excluding diaryl/α,β-unsaturated/α-hetero) is 1. The van der Waals surface area contributed by atoms with Crippen LogP contribution < -0.4 is 10.2 Å². The van der Waals surface area contributed by atoms with Gasteiger partial charge in [0.2, 0.25) is 0 Å². The van der Waals surface area contributed by atoms with Crippen LogP contribution in [0.5, 0.6) is 5.75 Å². The first-order valence-electron chi connectivity index (χ1n) is 5.49. The molecule has 0 fully saturated rings. The van der Waals surface area contributed by atoms with Crippen molar-refractivity contribution in [1.29, 1.82) is 0 Å². The molecule has 0 unspecified atom stereocenters. The summed E-state index contributed by atoms with van der Waals surface area (Å²) in [6.07, 6.45) is -0.154. The minimum atomic E-state index is -0.500. The number of hydrogen-bond donors (Lipinski definition) is 0. The minimum Gasteiger partial charge on any atom is -0.481 e. The Hall–Kier alpha value is -1.71. The Labute approximate surface area is 108 Å². The fourth-order valence-electron chi connectivity index (χ4n) is 1.34. The molecule has 4 nitrogen and oxygen atoms in total. The second-order valence-corrected chi connectivity index (χ2v) is 3.48. The zero-order valence-corrected chi connectivity index (χ0v) is 10.1. The molecule has 0 aliphatic rings. The Morgan fingerprint density at radius 2 is 2.06 bits per heavy atom. The Morgan fingerprint density at radius 1 is 1.33 bits per heavy atom. The first-order valence-corrected chi connectivity index (χ1v) is 5.49. The van der Waals surface area contributed by atoms with E-state index in [9.17, 15) is 9.59 Å². The Balaban J connectivity index is 2.81. The molecule has 90 valence electrons. The molecule has 0 saturated carbocycles. The number of benzene rings is 1. The van der Waals surface area contributed by atoms with Gasteiger partial charge in [0.25, 0.3) is 0 Å². The van der Waals surface area contributed by atoms with Gasteiger partial charge in [-0.15, -0.1) is 0 Å². The van der Waals surface area contributed by atoms with Crippen molar-refractivity contribution in [2.45, 2.75) is 13.2 Å². The molecule has 0 spiro atoms. The van der Waals surface area contributed by atoms with Gasteiger partial charge in [0.05, 0.1) is 20.0 Å². The number of ether oxygens (including phenoxy) is 2. The van der Waals surface area contributed by atoms with E-state index in [-0.39, 0.29) is 36.6 Å². The normalized spacial score (nSPS) is 9.83. The molecule has 0 saturated heterocycles. The van der Waals surface area contributed by atoms with Gasteiger partial charge < -0.3 is 9.47 Å². The SMILES string of the molecule is [B]CC(=O)c1cc([B])ccc1OCC(=O)OCC. The number of carbonyl (C=O) groups is 2. The molecule has 0 amide bonds. The zero-order valence-electron chi connectivity index (χ0n) is 10.1. The highest BCUT2D eigenvalue weighted by atomic mass is 16.6. The summed E-state index contributed by atoms with van der Waals surface area (Å²) < 4.78 is 9.94. The number of ketones is 1. The highest BCUT2D eigenvalue weighted by Gasteiger charge is 2.12. The van der Waals surface area contributed by atoms with Crippen LogP contribution in [-0.2, 0) is 9.53 Å². The molecule has 0 atom stereocenters. The quantitative estimate of drug-likeness (QED) is 0.406. The highest BCUT2D eigenvalue weighted by molar-refractivity contribution is 6.33. The second-order valence-electron chi connectivity index (χ2n) is 3.48. The number of rotatable bonds is 6. The first kappa shape index (κ1) is 14.4. The summed E-state index contributed by atoms with van der Waals surface area (Å²) in [6, 6.07) is 4.57. The van der Waals surface area contributed by atoms with E-state index in [1.807, 2.05) is 0 Å². The van der Waals surface area contributed by atoms with E-state index in [0.29, 0.717) is 5.46 Å². The third-order valence-corrected chi connectivity index (χ3v) is 2.14. The summed E-state index contributed by atoms with van der Waals surface area (Å²) in [5.74, 6) is -0.533. The standard InChI is InChI=1S/C12H12B2O4/c1-2-17-12(16)7-18-11-4-3-8(14)5-9(11)10(15)6-13/h3-5H,2,6-7H2,1H3. The second kappa shape index (κ2) is 6.89. The minimum absolute atomic E-state index is 0.154. The third-order valence-electron chi connectivity index (χ3n) is 2.14. The summed E-state index contributed by atoms with van der Waals surface area (Å²) in [5.41, 5.74) is 0.692. The van der Waals surface area contributed by atoms with Crippen molar-refractivity contribution in [3.05, 3.63) is 23.8 Å². The molecule has 0 aliphatic carbocycles. The van der Waals surface area contributed by atoms with Crippen LogP contribution in [0.2, 0.25) is 6.32 Å². The molecule has 6 heteroatoms. The fourth-order valence-corrected chi connectivity index (χ4v) is 1.34. The molecule has 4 radical (unpaired) electrons. The van der Waals surface area contributed by atoms with Gasteiger partial charge in [-0.05, 0) is 19.3 Å². The van der Waals surface area contributed by atoms with Crippen molar-refractivity contribution in [3.63, 3.8) is 0 Å². The molecule has 0 bridgehead atoms. The van der Waals surface area contributed by atoms with Crippen LogP contribution in [0.15, 0.2) is 18.2 Å². The maximum absolute atomic E-state index is 11.6. The van der Waals surface area contributed by atoms with E-state index >= 15 is 0 Å². The molecular weight excluding hydrogens is 230 g/mol. The molecule has 0 heterocycles. The van der Waals surface area contributed by atoms with Gasteiger partial charge in [-0.3, -0.25) is 4.79 Å². The summed E-state index contributed by atoms with van der Waals surface area (Å²) in [4.78, 5) is 22.7. The van der Waals surface area contributed by atoms with E-state index in [1.165, 1.54) is 12.1 Å². The summed E-state index contributed by atoms with van der Waals surface area (Å²) in [7, 11) is 10.9. The average Bonchev–Trinajstić information content (AvgIpc) is 2.36. The molecule has 1 aromatic carbocycles. The van der Waals surface area contributed by atoms with Crippen LogP contribution in [0.1, 0.15) is 17.3 Å². The molecule has 0 aliphatic heterocycles. The van der Waals surface area contributed by atoms with Crippen LogP contribution in [0, 0.1) is 0 Å². The Morgan fingerprint density at radius 3 is 2.67 bits per heavy atom. The topological polar surface area (TPSA) is 52.6 Å². The van der Waals surface area contributed by atoms with Crippen molar-refractivity contribution in [2.24, 2.45) is 0 Å². The van der Waals surface area contributed by atoms with Crippen LogP contribution in [0.3, 0.4) is 0 Å². The average molecular weight is 242 g/mol. The molecule has 1 rings (SSSR count). The van der Waals surface area contributed by atoms with Crippen LogP contribution in [-0.4, -0.2) is 40.7 Å². The maximum atomic E-state index is 11.6. The van der Waals surface area contributed by atoms with Gasteiger partial charge in [0.1, 0.15) is 13.6 Å². The highest BCUT2D eigenvalue weighted by Crippen LogP contribution is 2.18. The Kier molecular flexibility index (Phi) is 5.49. The summed E-state index contributed by atoms with van der Waals surface area (Å²) >= 11 is 0. The van der Waals surface area contributed by atoms with Gasteiger partial charge in [-0.1, -0.05) is 17.6 Å². The first-order chi connectivity index (χ1) is 8.58.